The van der Waals surface area contributed by atoms with Crippen LogP contribution in [0.4, 0.5) is 5.69 Å². The molecule has 106 valence electrons. The van der Waals surface area contributed by atoms with Gasteiger partial charge in [-0.25, -0.2) is 0 Å². The molecule has 2 rings (SSSR count). The second-order valence-electron chi connectivity index (χ2n) is 4.96. The molecule has 0 aromatic carbocycles. The van der Waals surface area contributed by atoms with Gasteiger partial charge in [0.1, 0.15) is 0 Å². The molecule has 1 aromatic heterocycles. The van der Waals surface area contributed by atoms with E-state index in [1.165, 1.54) is 19.3 Å². The lowest BCUT2D eigenvalue weighted by Gasteiger charge is -2.30. The Labute approximate surface area is 118 Å². The van der Waals surface area contributed by atoms with Gasteiger partial charge in [-0.3, -0.25) is 9.89 Å². The Morgan fingerprint density at radius 2 is 2.26 bits per heavy atom. The maximum atomic E-state index is 12.2. The molecule has 4 N–H and O–H groups in total. The number of nitrogens with zero attached hydrogens (tertiary/aromatic N) is 1. The third-order valence-electron chi connectivity index (χ3n) is 3.77. The third kappa shape index (κ3) is 3.05. The third-order valence-corrected chi connectivity index (χ3v) is 4.94. The fourth-order valence-electron chi connectivity index (χ4n) is 2.61. The number of carbonyl (C=O) groups is 1. The number of hydrogen-bond donors (Lipinski definition) is 3. The van der Waals surface area contributed by atoms with Crippen LogP contribution in [0.1, 0.15) is 48.8 Å². The van der Waals surface area contributed by atoms with Crippen LogP contribution in [-0.2, 0) is 6.42 Å². The number of aryl methyl sites for hydroxylation is 1. The maximum Gasteiger partial charge on any atom is 0.274 e. The summed E-state index contributed by atoms with van der Waals surface area (Å²) >= 11 is 1.83. The smallest absolute Gasteiger partial charge is 0.274 e. The van der Waals surface area contributed by atoms with Crippen molar-refractivity contribution in [3.05, 3.63) is 11.4 Å². The molecule has 19 heavy (non-hydrogen) atoms. The number of thioether (sulfide) groups is 1. The molecule has 0 spiro atoms. The van der Waals surface area contributed by atoms with Crippen LogP contribution in [0.5, 0.6) is 0 Å². The lowest BCUT2D eigenvalue weighted by atomic mass is 9.94. The highest BCUT2D eigenvalue weighted by molar-refractivity contribution is 7.99. The zero-order chi connectivity index (χ0) is 13.8. The van der Waals surface area contributed by atoms with Crippen LogP contribution in [0.2, 0.25) is 0 Å². The molecular weight excluding hydrogens is 260 g/mol. The maximum absolute atomic E-state index is 12.2. The Morgan fingerprint density at radius 3 is 2.89 bits per heavy atom. The van der Waals surface area contributed by atoms with E-state index >= 15 is 0 Å². The summed E-state index contributed by atoms with van der Waals surface area (Å²) in [7, 11) is 0. The molecule has 1 aliphatic carbocycles. The molecule has 6 heteroatoms. The minimum Gasteiger partial charge on any atom is -0.395 e. The van der Waals surface area contributed by atoms with Crippen LogP contribution in [0.25, 0.3) is 0 Å². The van der Waals surface area contributed by atoms with Gasteiger partial charge in [0, 0.05) is 11.3 Å². The predicted molar refractivity (Wildman–Crippen MR) is 79.4 cm³/mol. The first-order chi connectivity index (χ1) is 9.17. The number of carbonyl (C=O) groups excluding carboxylic acids is 1. The molecule has 2 atom stereocenters. The van der Waals surface area contributed by atoms with E-state index in [2.05, 4.69) is 21.8 Å². The molecule has 0 aliphatic heterocycles. The first-order valence-electron chi connectivity index (χ1n) is 6.83. The zero-order valence-corrected chi connectivity index (χ0v) is 12.3. The Balaban J connectivity index is 2.05. The van der Waals surface area contributed by atoms with Crippen molar-refractivity contribution in [1.82, 2.24) is 15.5 Å². The molecule has 0 saturated heterocycles. The average molecular weight is 282 g/mol. The number of amides is 1. The van der Waals surface area contributed by atoms with E-state index in [0.717, 1.165) is 18.5 Å². The van der Waals surface area contributed by atoms with Gasteiger partial charge in [-0.05, 0) is 25.5 Å². The van der Waals surface area contributed by atoms with Crippen molar-refractivity contribution in [3.8, 4) is 0 Å². The van der Waals surface area contributed by atoms with Gasteiger partial charge in [0.05, 0.1) is 11.4 Å². The minimum atomic E-state index is -0.153. The van der Waals surface area contributed by atoms with Gasteiger partial charge in [-0.2, -0.15) is 16.9 Å². The number of H-pyrrole nitrogens is 1. The molecular formula is C13H22N4OS. The molecule has 5 nitrogen and oxygen atoms in total. The van der Waals surface area contributed by atoms with E-state index in [4.69, 9.17) is 5.73 Å². The molecule has 1 saturated carbocycles. The number of aromatic amines is 1. The molecule has 0 bridgehead atoms. The number of anilines is 1. The van der Waals surface area contributed by atoms with Gasteiger partial charge in [0.2, 0.25) is 0 Å². The van der Waals surface area contributed by atoms with Crippen molar-refractivity contribution >= 4 is 23.4 Å². The Hall–Kier alpha value is -1.17. The lowest BCUT2D eigenvalue weighted by molar-refractivity contribution is 0.0925. The summed E-state index contributed by atoms with van der Waals surface area (Å²) in [4.78, 5) is 12.2. The fourth-order valence-corrected chi connectivity index (χ4v) is 3.55. The summed E-state index contributed by atoms with van der Waals surface area (Å²) in [6, 6.07) is 0.234. The number of nitrogens with one attached hydrogen (secondary N) is 2. The highest BCUT2D eigenvalue weighted by Gasteiger charge is 2.27. The fraction of sp³-hybridized carbons (Fsp3) is 0.692. The topological polar surface area (TPSA) is 83.8 Å². The van der Waals surface area contributed by atoms with E-state index in [0.29, 0.717) is 16.6 Å². The summed E-state index contributed by atoms with van der Waals surface area (Å²) in [6.45, 7) is 1.98. The molecule has 1 fully saturated rings. The number of rotatable bonds is 4. The summed E-state index contributed by atoms with van der Waals surface area (Å²) in [5.41, 5.74) is 7.57. The van der Waals surface area contributed by atoms with Crippen LogP contribution in [0.3, 0.4) is 0 Å². The summed E-state index contributed by atoms with van der Waals surface area (Å²) in [5.74, 6) is -0.153. The number of nitrogens with two attached hydrogens (primary N) is 1. The van der Waals surface area contributed by atoms with Gasteiger partial charge in [0.25, 0.3) is 5.91 Å². The average Bonchev–Trinajstić information content (AvgIpc) is 2.80. The first-order valence-corrected chi connectivity index (χ1v) is 8.12. The van der Waals surface area contributed by atoms with Crippen LogP contribution in [0, 0.1) is 0 Å². The monoisotopic (exact) mass is 282 g/mol. The largest absolute Gasteiger partial charge is 0.395 e. The normalized spacial score (nSPS) is 23.3. The van der Waals surface area contributed by atoms with E-state index < -0.39 is 0 Å². The summed E-state index contributed by atoms with van der Waals surface area (Å²) in [5, 5.41) is 10.5. The quantitative estimate of drug-likeness (QED) is 0.788. The molecule has 1 aliphatic rings. The Kier molecular flexibility index (Phi) is 4.74. The van der Waals surface area contributed by atoms with Crippen LogP contribution in [0.15, 0.2) is 0 Å². The number of hydrogen-bond acceptors (Lipinski definition) is 4. The second-order valence-corrected chi connectivity index (χ2v) is 6.03. The molecule has 1 aromatic rings. The predicted octanol–water partition coefficient (Wildman–Crippen LogP) is 1.96. The standard InChI is InChI=1S/C13H22N4OS/c1-3-8-11(14)12(17-16-8)13(18)15-9-6-4-5-7-10(9)19-2/h9-10H,3-7,14H2,1-2H3,(H,15,18)(H,16,17). The molecule has 0 radical (unpaired) electrons. The van der Waals surface area contributed by atoms with E-state index in [1.807, 2.05) is 18.7 Å². The second kappa shape index (κ2) is 6.32. The van der Waals surface area contributed by atoms with Gasteiger partial charge < -0.3 is 11.1 Å². The molecule has 2 unspecified atom stereocenters. The van der Waals surface area contributed by atoms with Crippen LogP contribution < -0.4 is 11.1 Å². The Bertz CT molecular complexity index is 446. The highest BCUT2D eigenvalue weighted by atomic mass is 32.2. The van der Waals surface area contributed by atoms with Crippen molar-refractivity contribution in [2.75, 3.05) is 12.0 Å². The van der Waals surface area contributed by atoms with E-state index in [1.54, 1.807) is 0 Å². The van der Waals surface area contributed by atoms with Gasteiger partial charge in [-0.15, -0.1) is 0 Å². The minimum absolute atomic E-state index is 0.153. The first kappa shape index (κ1) is 14.2. The van der Waals surface area contributed by atoms with Gasteiger partial charge in [-0.1, -0.05) is 19.8 Å². The summed E-state index contributed by atoms with van der Waals surface area (Å²) in [6.07, 6.45) is 7.50. The molecule has 1 heterocycles. The lowest BCUT2D eigenvalue weighted by Crippen LogP contribution is -2.44. The Morgan fingerprint density at radius 1 is 1.53 bits per heavy atom. The highest BCUT2D eigenvalue weighted by Crippen LogP contribution is 2.27. The van der Waals surface area contributed by atoms with Crippen LogP contribution >= 0.6 is 11.8 Å². The SMILES string of the molecule is CCc1[nH]nc(C(=O)NC2CCCCC2SC)c1N. The van der Waals surface area contributed by atoms with Gasteiger partial charge >= 0.3 is 0 Å². The van der Waals surface area contributed by atoms with Crippen molar-refractivity contribution in [1.29, 1.82) is 0 Å². The number of nitrogen functional groups attached to an aromatic ring is 1. The number of aromatic nitrogens is 2. The van der Waals surface area contributed by atoms with Crippen molar-refractivity contribution in [3.63, 3.8) is 0 Å². The van der Waals surface area contributed by atoms with Crippen molar-refractivity contribution in [2.45, 2.75) is 50.3 Å². The van der Waals surface area contributed by atoms with E-state index in [9.17, 15) is 4.79 Å². The van der Waals surface area contributed by atoms with Crippen molar-refractivity contribution in [2.24, 2.45) is 0 Å². The van der Waals surface area contributed by atoms with Crippen molar-refractivity contribution < 1.29 is 4.79 Å². The van der Waals surface area contributed by atoms with Gasteiger partial charge in [0.15, 0.2) is 5.69 Å². The zero-order valence-electron chi connectivity index (χ0n) is 11.5. The summed E-state index contributed by atoms with van der Waals surface area (Å²) < 4.78 is 0. The molecule has 1 amide bonds. The van der Waals surface area contributed by atoms with E-state index in [-0.39, 0.29) is 11.9 Å². The van der Waals surface area contributed by atoms with Crippen LogP contribution in [-0.4, -0.2) is 33.7 Å².